The lowest BCUT2D eigenvalue weighted by atomic mass is 9.65. The summed E-state index contributed by atoms with van der Waals surface area (Å²) in [6.45, 7) is 9.77. The molecule has 1 aliphatic heterocycles. The van der Waals surface area contributed by atoms with Gasteiger partial charge >= 0.3 is 0 Å². The van der Waals surface area contributed by atoms with Gasteiger partial charge in [0.2, 0.25) is 0 Å². The van der Waals surface area contributed by atoms with Gasteiger partial charge in [-0.25, -0.2) is 0 Å². The van der Waals surface area contributed by atoms with Crippen LogP contribution in [-0.4, -0.2) is 34.7 Å². The van der Waals surface area contributed by atoms with Crippen LogP contribution >= 0.6 is 0 Å². The third-order valence-electron chi connectivity index (χ3n) is 8.79. The number of aliphatic hydroxyl groups is 2. The second-order valence-corrected chi connectivity index (χ2v) is 12.2. The van der Waals surface area contributed by atoms with E-state index in [-0.39, 0.29) is 5.41 Å². The molecule has 3 heteroatoms. The summed E-state index contributed by atoms with van der Waals surface area (Å²) in [6.07, 6.45) is 9.63. The van der Waals surface area contributed by atoms with Crippen molar-refractivity contribution >= 4 is 0 Å². The molecule has 3 nitrogen and oxygen atoms in total. The highest BCUT2D eigenvalue weighted by molar-refractivity contribution is 5.28. The second kappa shape index (κ2) is 11.6. The quantitative estimate of drug-likeness (QED) is 0.431. The molecule has 2 aromatic rings. The number of likely N-dealkylation sites (tertiary alicyclic amines) is 1. The van der Waals surface area contributed by atoms with Crippen LogP contribution in [0.5, 0.6) is 0 Å². The summed E-state index contributed by atoms with van der Waals surface area (Å²) >= 11 is 0. The molecule has 2 unspecified atom stereocenters. The van der Waals surface area contributed by atoms with Crippen LogP contribution in [0.3, 0.4) is 0 Å². The van der Waals surface area contributed by atoms with E-state index in [1.165, 1.54) is 24.8 Å². The Kier molecular flexibility index (Phi) is 8.73. The molecule has 0 aromatic heterocycles. The van der Waals surface area contributed by atoms with Crippen molar-refractivity contribution < 1.29 is 10.2 Å². The maximum Gasteiger partial charge on any atom is 0.0953 e. The fraction of sp³-hybridized carbons (Fsp3) is 0.625. The molecule has 35 heavy (non-hydrogen) atoms. The van der Waals surface area contributed by atoms with Gasteiger partial charge < -0.3 is 15.1 Å². The van der Waals surface area contributed by atoms with Crippen LogP contribution in [0, 0.1) is 11.8 Å². The molecule has 0 radical (unpaired) electrons. The van der Waals surface area contributed by atoms with Crippen molar-refractivity contribution in [1.82, 2.24) is 4.90 Å². The van der Waals surface area contributed by atoms with E-state index in [2.05, 4.69) is 80.3 Å². The molecule has 1 aliphatic carbocycles. The monoisotopic (exact) mass is 477 g/mol. The number of rotatable bonds is 8. The van der Waals surface area contributed by atoms with E-state index in [9.17, 15) is 10.2 Å². The van der Waals surface area contributed by atoms with E-state index in [0.29, 0.717) is 11.8 Å². The molecule has 2 aliphatic rings. The van der Waals surface area contributed by atoms with E-state index >= 15 is 0 Å². The van der Waals surface area contributed by atoms with Gasteiger partial charge in [-0.1, -0.05) is 94.6 Å². The molecule has 192 valence electrons. The fourth-order valence-electron chi connectivity index (χ4n) is 6.53. The first-order valence-electron chi connectivity index (χ1n) is 14.1. The highest BCUT2D eigenvalue weighted by Crippen LogP contribution is 2.47. The molecule has 1 saturated carbocycles. The average molecular weight is 478 g/mol. The maximum absolute atomic E-state index is 12.2. The molecule has 2 aromatic carbocycles. The number of hydrogen-bond donors (Lipinski definition) is 2. The van der Waals surface area contributed by atoms with Gasteiger partial charge in [0.25, 0.3) is 0 Å². The van der Waals surface area contributed by atoms with Crippen LogP contribution in [0.1, 0.15) is 101 Å². The number of aliphatic hydroxyl groups excluding tert-OH is 1. The van der Waals surface area contributed by atoms with E-state index in [1.807, 2.05) is 0 Å². The minimum absolute atomic E-state index is 0.138. The maximum atomic E-state index is 12.2. The van der Waals surface area contributed by atoms with E-state index < -0.39 is 11.7 Å². The lowest BCUT2D eigenvalue weighted by Crippen LogP contribution is -2.48. The van der Waals surface area contributed by atoms with E-state index in [1.54, 1.807) is 0 Å². The molecule has 0 spiro atoms. The SMILES string of the molecule is CC(C)(C)c1ccc(C(O)CCCN2CCC(C(O)(c3ccccc3)C3CCCCC3)CC2)cc1. The van der Waals surface area contributed by atoms with Crippen molar-refractivity contribution in [1.29, 1.82) is 0 Å². The molecule has 2 atom stereocenters. The Morgan fingerprint density at radius 1 is 0.800 bits per heavy atom. The van der Waals surface area contributed by atoms with Gasteiger partial charge in [0.1, 0.15) is 0 Å². The summed E-state index contributed by atoms with van der Waals surface area (Å²) in [4.78, 5) is 2.54. The van der Waals surface area contributed by atoms with Crippen molar-refractivity contribution in [3.8, 4) is 0 Å². The van der Waals surface area contributed by atoms with Crippen molar-refractivity contribution in [2.24, 2.45) is 11.8 Å². The van der Waals surface area contributed by atoms with E-state index in [0.717, 1.165) is 69.3 Å². The number of piperidine rings is 1. The first-order chi connectivity index (χ1) is 16.8. The van der Waals surface area contributed by atoms with Crippen LogP contribution in [0.4, 0.5) is 0 Å². The Hall–Kier alpha value is -1.68. The Labute approximate surface area is 213 Å². The Balaban J connectivity index is 1.29. The summed E-state index contributed by atoms with van der Waals surface area (Å²) in [6, 6.07) is 19.0. The smallest absolute Gasteiger partial charge is 0.0953 e. The van der Waals surface area contributed by atoms with Gasteiger partial charge in [0.15, 0.2) is 0 Å². The van der Waals surface area contributed by atoms with Crippen LogP contribution in [0.2, 0.25) is 0 Å². The van der Waals surface area contributed by atoms with Crippen LogP contribution < -0.4 is 0 Å². The number of benzene rings is 2. The Morgan fingerprint density at radius 3 is 2.00 bits per heavy atom. The van der Waals surface area contributed by atoms with Crippen molar-refractivity contribution in [3.05, 3.63) is 71.3 Å². The highest BCUT2D eigenvalue weighted by Gasteiger charge is 2.46. The van der Waals surface area contributed by atoms with Crippen molar-refractivity contribution in [2.45, 2.75) is 95.7 Å². The topological polar surface area (TPSA) is 43.7 Å². The Morgan fingerprint density at radius 2 is 1.40 bits per heavy atom. The summed E-state index contributed by atoms with van der Waals surface area (Å²) in [5.41, 5.74) is 2.91. The zero-order valence-corrected chi connectivity index (χ0v) is 22.3. The molecule has 0 bridgehead atoms. The largest absolute Gasteiger partial charge is 0.388 e. The molecular formula is C32H47NO2. The van der Waals surface area contributed by atoms with Crippen LogP contribution in [0.15, 0.2) is 54.6 Å². The zero-order chi connectivity index (χ0) is 24.9. The predicted octanol–water partition coefficient (Wildman–Crippen LogP) is 6.98. The van der Waals surface area contributed by atoms with Gasteiger partial charge in [-0.15, -0.1) is 0 Å². The first-order valence-corrected chi connectivity index (χ1v) is 14.1. The first kappa shape index (κ1) is 26.4. The molecule has 4 rings (SSSR count). The summed E-state index contributed by atoms with van der Waals surface area (Å²) in [5, 5.41) is 22.9. The normalized spacial score (nSPS) is 21.5. The van der Waals surface area contributed by atoms with Crippen molar-refractivity contribution in [2.75, 3.05) is 19.6 Å². The Bertz CT molecular complexity index is 889. The fourth-order valence-corrected chi connectivity index (χ4v) is 6.53. The lowest BCUT2D eigenvalue weighted by Gasteiger charge is -2.47. The van der Waals surface area contributed by atoms with Gasteiger partial charge in [-0.05, 0) is 92.1 Å². The number of hydrogen-bond acceptors (Lipinski definition) is 3. The summed E-state index contributed by atoms with van der Waals surface area (Å²) in [7, 11) is 0. The van der Waals surface area contributed by atoms with Gasteiger partial charge in [0.05, 0.1) is 11.7 Å². The zero-order valence-electron chi connectivity index (χ0n) is 22.3. The lowest BCUT2D eigenvalue weighted by molar-refractivity contribution is -0.105. The minimum atomic E-state index is -0.691. The molecule has 0 amide bonds. The molecule has 2 N–H and O–H groups in total. The summed E-state index contributed by atoms with van der Waals surface area (Å²) in [5.74, 6) is 0.714. The average Bonchev–Trinajstić information content (AvgIpc) is 2.89. The number of nitrogens with zero attached hydrogens (tertiary/aromatic N) is 1. The van der Waals surface area contributed by atoms with Crippen LogP contribution in [0.25, 0.3) is 0 Å². The molecule has 1 heterocycles. The van der Waals surface area contributed by atoms with Gasteiger partial charge in [0, 0.05) is 0 Å². The molecular weight excluding hydrogens is 430 g/mol. The molecule has 1 saturated heterocycles. The summed E-state index contributed by atoms with van der Waals surface area (Å²) < 4.78 is 0. The minimum Gasteiger partial charge on any atom is -0.388 e. The standard InChI is InChI=1S/C32H47NO2/c1-31(2,3)26-18-16-25(17-19-26)30(34)15-10-22-33-23-20-29(21-24-33)32(35,27-11-6-4-7-12-27)28-13-8-5-9-14-28/h4,6-7,11-12,16-19,28-30,34-35H,5,8-10,13-15,20-24H2,1-3H3. The molecule has 2 fully saturated rings. The highest BCUT2D eigenvalue weighted by atomic mass is 16.3. The van der Waals surface area contributed by atoms with Crippen molar-refractivity contribution in [3.63, 3.8) is 0 Å². The van der Waals surface area contributed by atoms with E-state index in [4.69, 9.17) is 0 Å². The predicted molar refractivity (Wildman–Crippen MR) is 145 cm³/mol. The third kappa shape index (κ3) is 6.37. The third-order valence-corrected chi connectivity index (χ3v) is 8.79. The second-order valence-electron chi connectivity index (χ2n) is 12.2. The van der Waals surface area contributed by atoms with Gasteiger partial charge in [-0.2, -0.15) is 0 Å². The van der Waals surface area contributed by atoms with Crippen LogP contribution in [-0.2, 0) is 11.0 Å². The van der Waals surface area contributed by atoms with Gasteiger partial charge in [-0.3, -0.25) is 0 Å².